The van der Waals surface area contributed by atoms with E-state index in [1.54, 1.807) is 0 Å². The maximum absolute atomic E-state index is 11.6. The van der Waals surface area contributed by atoms with Crippen LogP contribution in [0.2, 0.25) is 0 Å². The van der Waals surface area contributed by atoms with Crippen molar-refractivity contribution in [3.8, 4) is 0 Å². The van der Waals surface area contributed by atoms with Gasteiger partial charge in [0.15, 0.2) is 0 Å². The van der Waals surface area contributed by atoms with Gasteiger partial charge in [0.1, 0.15) is 0 Å². The van der Waals surface area contributed by atoms with E-state index in [0.717, 1.165) is 25.9 Å². The Labute approximate surface area is 108 Å². The molecule has 18 heavy (non-hydrogen) atoms. The van der Waals surface area contributed by atoms with Crippen LogP contribution in [0.15, 0.2) is 0 Å². The molecule has 0 aliphatic carbocycles. The van der Waals surface area contributed by atoms with E-state index in [2.05, 4.69) is 22.5 Å². The number of amides is 2. The van der Waals surface area contributed by atoms with Gasteiger partial charge >= 0.3 is 0 Å². The van der Waals surface area contributed by atoms with Crippen LogP contribution in [0.3, 0.4) is 0 Å². The molecule has 2 aliphatic heterocycles. The lowest BCUT2D eigenvalue weighted by molar-refractivity contribution is -0.135. The van der Waals surface area contributed by atoms with Crippen molar-refractivity contribution < 1.29 is 9.59 Å². The number of hydrogen-bond donors (Lipinski definition) is 2. The van der Waals surface area contributed by atoms with E-state index in [-0.39, 0.29) is 17.9 Å². The molecule has 1 unspecified atom stereocenters. The highest BCUT2D eigenvalue weighted by atomic mass is 16.2. The third kappa shape index (κ3) is 3.53. The van der Waals surface area contributed by atoms with Crippen LogP contribution in [0.4, 0.5) is 0 Å². The molecule has 0 aromatic heterocycles. The quantitative estimate of drug-likeness (QED) is 0.705. The first-order chi connectivity index (χ1) is 8.69. The van der Waals surface area contributed by atoms with Gasteiger partial charge in [-0.2, -0.15) is 0 Å². The van der Waals surface area contributed by atoms with Crippen LogP contribution in [0.25, 0.3) is 0 Å². The first-order valence-corrected chi connectivity index (χ1v) is 7.01. The molecule has 2 rings (SSSR count). The molecular formula is C13H23N3O2. The average molecular weight is 253 g/mol. The summed E-state index contributed by atoms with van der Waals surface area (Å²) in [5.74, 6) is -0.293. The molecule has 1 atom stereocenters. The lowest BCUT2D eigenvalue weighted by Gasteiger charge is -2.34. The van der Waals surface area contributed by atoms with Gasteiger partial charge in [-0.05, 0) is 45.3 Å². The number of imide groups is 1. The normalized spacial score (nSPS) is 27.3. The summed E-state index contributed by atoms with van der Waals surface area (Å²) in [6, 6.07) is 0.243. The fraction of sp³-hybridized carbons (Fsp3) is 0.846. The topological polar surface area (TPSA) is 61.4 Å². The van der Waals surface area contributed by atoms with Crippen molar-refractivity contribution in [2.75, 3.05) is 19.6 Å². The second kappa shape index (κ2) is 6.29. The Morgan fingerprint density at radius 2 is 2.00 bits per heavy atom. The summed E-state index contributed by atoms with van der Waals surface area (Å²) in [5.41, 5.74) is 0. The number of carbonyl (C=O) groups is 2. The Morgan fingerprint density at radius 1 is 1.28 bits per heavy atom. The van der Waals surface area contributed by atoms with E-state index >= 15 is 0 Å². The SMILES string of the molecule is CCCN1CCC(NC2CCC(=O)NC2=O)CC1. The molecule has 0 radical (unpaired) electrons. The molecule has 0 aromatic rings. The molecular weight excluding hydrogens is 230 g/mol. The van der Waals surface area contributed by atoms with Crippen molar-refractivity contribution in [1.29, 1.82) is 0 Å². The fourth-order valence-electron chi connectivity index (χ4n) is 2.78. The van der Waals surface area contributed by atoms with Gasteiger partial charge < -0.3 is 10.2 Å². The molecule has 0 aromatic carbocycles. The van der Waals surface area contributed by atoms with Crippen molar-refractivity contribution in [3.05, 3.63) is 0 Å². The predicted octanol–water partition coefficient (Wildman–Crippen LogP) is 0.256. The Kier molecular flexibility index (Phi) is 4.72. The van der Waals surface area contributed by atoms with E-state index in [1.807, 2.05) is 0 Å². The number of likely N-dealkylation sites (tertiary alicyclic amines) is 1. The average Bonchev–Trinajstić information content (AvgIpc) is 2.35. The number of carbonyl (C=O) groups excluding carboxylic acids is 2. The van der Waals surface area contributed by atoms with Gasteiger partial charge in [0.2, 0.25) is 11.8 Å². The monoisotopic (exact) mass is 253 g/mol. The molecule has 2 aliphatic rings. The smallest absolute Gasteiger partial charge is 0.243 e. The minimum Gasteiger partial charge on any atom is -0.303 e. The summed E-state index contributed by atoms with van der Waals surface area (Å²) < 4.78 is 0. The van der Waals surface area contributed by atoms with Gasteiger partial charge in [-0.15, -0.1) is 0 Å². The summed E-state index contributed by atoms with van der Waals surface area (Å²) in [4.78, 5) is 25.2. The van der Waals surface area contributed by atoms with E-state index in [4.69, 9.17) is 0 Å². The van der Waals surface area contributed by atoms with Gasteiger partial charge in [0.25, 0.3) is 0 Å². The second-order valence-electron chi connectivity index (χ2n) is 5.29. The molecule has 5 nitrogen and oxygen atoms in total. The Balaban J connectivity index is 1.74. The van der Waals surface area contributed by atoms with Gasteiger partial charge in [0, 0.05) is 12.5 Å². The van der Waals surface area contributed by atoms with Crippen LogP contribution in [0.5, 0.6) is 0 Å². The van der Waals surface area contributed by atoms with E-state index in [9.17, 15) is 9.59 Å². The van der Waals surface area contributed by atoms with Crippen LogP contribution < -0.4 is 10.6 Å². The minimum atomic E-state index is -0.176. The Hall–Kier alpha value is -0.940. The summed E-state index contributed by atoms with van der Waals surface area (Å²) in [6.45, 7) is 5.59. The summed E-state index contributed by atoms with van der Waals surface area (Å²) in [6.07, 6.45) is 4.48. The van der Waals surface area contributed by atoms with E-state index in [0.29, 0.717) is 18.9 Å². The van der Waals surface area contributed by atoms with Crippen molar-refractivity contribution in [1.82, 2.24) is 15.5 Å². The minimum absolute atomic E-state index is 0.143. The second-order valence-corrected chi connectivity index (χ2v) is 5.29. The molecule has 2 N–H and O–H groups in total. The summed E-state index contributed by atoms with van der Waals surface area (Å²) in [5, 5.41) is 5.80. The Bertz CT molecular complexity index is 311. The third-order valence-corrected chi connectivity index (χ3v) is 3.80. The molecule has 0 saturated carbocycles. The van der Waals surface area contributed by atoms with Gasteiger partial charge in [0.05, 0.1) is 6.04 Å². The summed E-state index contributed by atoms with van der Waals surface area (Å²) >= 11 is 0. The number of piperidine rings is 2. The highest BCUT2D eigenvalue weighted by Crippen LogP contribution is 2.13. The van der Waals surface area contributed by atoms with E-state index < -0.39 is 0 Å². The molecule has 2 saturated heterocycles. The largest absolute Gasteiger partial charge is 0.303 e. The van der Waals surface area contributed by atoms with E-state index in [1.165, 1.54) is 13.0 Å². The maximum Gasteiger partial charge on any atom is 0.243 e. The lowest BCUT2D eigenvalue weighted by atomic mass is 10.00. The Morgan fingerprint density at radius 3 is 2.61 bits per heavy atom. The predicted molar refractivity (Wildman–Crippen MR) is 69.1 cm³/mol. The molecule has 2 heterocycles. The molecule has 2 fully saturated rings. The number of rotatable bonds is 4. The molecule has 5 heteroatoms. The van der Waals surface area contributed by atoms with Gasteiger partial charge in [-0.3, -0.25) is 14.9 Å². The van der Waals surface area contributed by atoms with Crippen LogP contribution in [0.1, 0.15) is 39.0 Å². The van der Waals surface area contributed by atoms with Crippen LogP contribution in [0, 0.1) is 0 Å². The molecule has 0 bridgehead atoms. The molecule has 2 amide bonds. The number of nitrogens with one attached hydrogen (secondary N) is 2. The van der Waals surface area contributed by atoms with Crippen molar-refractivity contribution in [2.24, 2.45) is 0 Å². The first kappa shape index (κ1) is 13.5. The zero-order valence-electron chi connectivity index (χ0n) is 11.1. The highest BCUT2D eigenvalue weighted by Gasteiger charge is 2.29. The fourth-order valence-corrected chi connectivity index (χ4v) is 2.78. The van der Waals surface area contributed by atoms with Crippen LogP contribution in [-0.4, -0.2) is 48.4 Å². The van der Waals surface area contributed by atoms with Crippen molar-refractivity contribution in [2.45, 2.75) is 51.1 Å². The van der Waals surface area contributed by atoms with Crippen LogP contribution >= 0.6 is 0 Å². The standard InChI is InChI=1S/C13H23N3O2/c1-2-7-16-8-5-10(6-9-16)14-11-3-4-12(17)15-13(11)18/h10-11,14H,2-9H2,1H3,(H,15,17,18). The van der Waals surface area contributed by atoms with Gasteiger partial charge in [-0.25, -0.2) is 0 Å². The van der Waals surface area contributed by atoms with Crippen molar-refractivity contribution in [3.63, 3.8) is 0 Å². The van der Waals surface area contributed by atoms with Crippen molar-refractivity contribution >= 4 is 11.8 Å². The highest BCUT2D eigenvalue weighted by molar-refractivity contribution is 6.00. The first-order valence-electron chi connectivity index (χ1n) is 7.01. The molecule has 0 spiro atoms. The maximum atomic E-state index is 11.6. The van der Waals surface area contributed by atoms with Crippen LogP contribution in [-0.2, 0) is 9.59 Å². The molecule has 102 valence electrons. The number of nitrogens with zero attached hydrogens (tertiary/aromatic N) is 1. The summed E-state index contributed by atoms with van der Waals surface area (Å²) in [7, 11) is 0. The third-order valence-electron chi connectivity index (χ3n) is 3.80. The lowest BCUT2D eigenvalue weighted by Crippen LogP contribution is -2.55. The van der Waals surface area contributed by atoms with Gasteiger partial charge in [-0.1, -0.05) is 6.92 Å². The number of hydrogen-bond acceptors (Lipinski definition) is 4. The zero-order valence-corrected chi connectivity index (χ0v) is 11.1. The zero-order chi connectivity index (χ0) is 13.0.